The Hall–Kier alpha value is -1.83. The first kappa shape index (κ1) is 16.2. The highest BCUT2D eigenvalue weighted by Crippen LogP contribution is 2.20. The first-order valence-electron chi connectivity index (χ1n) is 6.14. The van der Waals surface area contributed by atoms with E-state index >= 15 is 0 Å². The smallest absolute Gasteiger partial charge is 0.416 e. The molecule has 1 heterocycles. The SMILES string of the molecule is C=CCN(C(=O)OC)c1nc(OCC)nc(SCC)n1. The standard InChI is InChI=1S/C12H18N4O3S/c1-5-8-16(12(17)18-4)9-13-10(19-6-2)15-11(14-9)20-7-3/h5H,1,6-8H2,2-4H3. The molecule has 0 atom stereocenters. The summed E-state index contributed by atoms with van der Waals surface area (Å²) in [7, 11) is 1.30. The van der Waals surface area contributed by atoms with Crippen molar-refractivity contribution < 1.29 is 14.3 Å². The molecule has 0 saturated heterocycles. The second kappa shape index (κ2) is 8.36. The molecule has 1 amide bonds. The highest BCUT2D eigenvalue weighted by Gasteiger charge is 2.20. The van der Waals surface area contributed by atoms with E-state index in [9.17, 15) is 4.79 Å². The van der Waals surface area contributed by atoms with Crippen molar-refractivity contribution in [2.24, 2.45) is 0 Å². The lowest BCUT2D eigenvalue weighted by Gasteiger charge is -2.18. The van der Waals surface area contributed by atoms with Crippen LogP contribution in [0, 0.1) is 0 Å². The number of anilines is 1. The molecule has 1 rings (SSSR count). The van der Waals surface area contributed by atoms with Crippen LogP contribution in [0.25, 0.3) is 0 Å². The van der Waals surface area contributed by atoms with E-state index in [2.05, 4.69) is 21.5 Å². The molecule has 0 aromatic carbocycles. The summed E-state index contributed by atoms with van der Waals surface area (Å²) in [6.45, 7) is 8.08. The Kier molecular flexibility index (Phi) is 6.78. The molecule has 8 heteroatoms. The van der Waals surface area contributed by atoms with Crippen LogP contribution < -0.4 is 9.64 Å². The predicted molar refractivity (Wildman–Crippen MR) is 77.3 cm³/mol. The minimum atomic E-state index is -0.564. The summed E-state index contributed by atoms with van der Waals surface area (Å²) in [6.07, 6.45) is 0.999. The number of rotatable bonds is 7. The van der Waals surface area contributed by atoms with Crippen molar-refractivity contribution in [2.75, 3.05) is 30.9 Å². The Morgan fingerprint density at radius 2 is 2.15 bits per heavy atom. The third-order valence-corrected chi connectivity index (χ3v) is 2.81. The van der Waals surface area contributed by atoms with E-state index in [0.29, 0.717) is 11.8 Å². The van der Waals surface area contributed by atoms with Crippen molar-refractivity contribution in [3.05, 3.63) is 12.7 Å². The number of ether oxygens (including phenoxy) is 2. The van der Waals surface area contributed by atoms with Crippen LogP contribution in [0.2, 0.25) is 0 Å². The predicted octanol–water partition coefficient (Wildman–Crippen LogP) is 2.14. The van der Waals surface area contributed by atoms with Crippen molar-refractivity contribution in [2.45, 2.75) is 19.0 Å². The molecule has 1 aromatic heterocycles. The molecule has 110 valence electrons. The first-order chi connectivity index (χ1) is 9.65. The fourth-order valence-electron chi connectivity index (χ4n) is 1.31. The number of amides is 1. The van der Waals surface area contributed by atoms with Crippen molar-refractivity contribution >= 4 is 23.8 Å². The van der Waals surface area contributed by atoms with Crippen LogP contribution in [0.15, 0.2) is 17.8 Å². The van der Waals surface area contributed by atoms with Gasteiger partial charge < -0.3 is 9.47 Å². The van der Waals surface area contributed by atoms with Gasteiger partial charge in [0.15, 0.2) is 5.16 Å². The molecule has 0 fully saturated rings. The van der Waals surface area contributed by atoms with E-state index in [-0.39, 0.29) is 18.5 Å². The minimum Gasteiger partial charge on any atom is -0.464 e. The number of thioether (sulfide) groups is 1. The summed E-state index contributed by atoms with van der Waals surface area (Å²) in [5, 5.41) is 0.499. The Balaban J connectivity index is 3.16. The highest BCUT2D eigenvalue weighted by atomic mass is 32.2. The number of aromatic nitrogens is 3. The maximum Gasteiger partial charge on any atom is 0.416 e. The first-order valence-corrected chi connectivity index (χ1v) is 7.12. The van der Waals surface area contributed by atoms with Crippen LogP contribution >= 0.6 is 11.8 Å². The fraction of sp³-hybridized carbons (Fsp3) is 0.500. The summed E-state index contributed by atoms with van der Waals surface area (Å²) in [5.74, 6) is 0.987. The maximum atomic E-state index is 11.7. The van der Waals surface area contributed by atoms with Crippen LogP contribution in [0.4, 0.5) is 10.7 Å². The lowest BCUT2D eigenvalue weighted by atomic mass is 10.5. The van der Waals surface area contributed by atoms with Crippen molar-refractivity contribution in [1.82, 2.24) is 15.0 Å². The number of nitrogens with zero attached hydrogens (tertiary/aromatic N) is 4. The quantitative estimate of drug-likeness (QED) is 0.563. The lowest BCUT2D eigenvalue weighted by molar-refractivity contribution is 0.179. The van der Waals surface area contributed by atoms with Gasteiger partial charge in [-0.15, -0.1) is 6.58 Å². The molecular formula is C12H18N4O3S. The van der Waals surface area contributed by atoms with Crippen LogP contribution in [0.5, 0.6) is 6.01 Å². The number of methoxy groups -OCH3 is 1. The van der Waals surface area contributed by atoms with Gasteiger partial charge in [0, 0.05) is 0 Å². The van der Waals surface area contributed by atoms with E-state index in [1.165, 1.54) is 23.8 Å². The van der Waals surface area contributed by atoms with E-state index in [0.717, 1.165) is 5.75 Å². The zero-order chi connectivity index (χ0) is 15.0. The number of hydrogen-bond acceptors (Lipinski definition) is 7. The zero-order valence-corrected chi connectivity index (χ0v) is 12.6. The number of carbonyl (C=O) groups excluding carboxylic acids is 1. The van der Waals surface area contributed by atoms with Gasteiger partial charge in [0.25, 0.3) is 0 Å². The number of carbonyl (C=O) groups is 1. The highest BCUT2D eigenvalue weighted by molar-refractivity contribution is 7.99. The lowest BCUT2D eigenvalue weighted by Crippen LogP contribution is -2.32. The average molecular weight is 298 g/mol. The van der Waals surface area contributed by atoms with Crippen LogP contribution in [0.1, 0.15) is 13.8 Å². The molecule has 0 saturated carbocycles. The molecule has 0 spiro atoms. The third-order valence-electron chi connectivity index (χ3n) is 2.08. The molecule has 1 aromatic rings. The average Bonchev–Trinajstić information content (AvgIpc) is 2.44. The molecule has 0 bridgehead atoms. The van der Waals surface area contributed by atoms with Gasteiger partial charge >= 0.3 is 12.1 Å². The van der Waals surface area contributed by atoms with Gasteiger partial charge in [-0.05, 0) is 12.7 Å². The van der Waals surface area contributed by atoms with Gasteiger partial charge in [0.2, 0.25) is 5.95 Å². The molecular weight excluding hydrogens is 280 g/mol. The molecule has 0 aliphatic rings. The molecule has 20 heavy (non-hydrogen) atoms. The van der Waals surface area contributed by atoms with Crippen LogP contribution in [0.3, 0.4) is 0 Å². The Morgan fingerprint density at radius 3 is 2.70 bits per heavy atom. The normalized spacial score (nSPS) is 9.95. The summed E-state index contributed by atoms with van der Waals surface area (Å²) in [6, 6.07) is 0.186. The Bertz CT molecular complexity index is 446. The monoisotopic (exact) mass is 298 g/mol. The molecule has 0 aliphatic heterocycles. The molecule has 7 nitrogen and oxygen atoms in total. The van der Waals surface area contributed by atoms with Gasteiger partial charge in [-0.25, -0.2) is 9.69 Å². The van der Waals surface area contributed by atoms with Crippen LogP contribution in [-0.4, -0.2) is 47.1 Å². The van der Waals surface area contributed by atoms with E-state index in [1.54, 1.807) is 6.08 Å². The van der Waals surface area contributed by atoms with Crippen molar-refractivity contribution in [1.29, 1.82) is 0 Å². The Morgan fingerprint density at radius 1 is 1.40 bits per heavy atom. The van der Waals surface area contributed by atoms with E-state index in [4.69, 9.17) is 9.47 Å². The number of hydrogen-bond donors (Lipinski definition) is 0. The van der Waals surface area contributed by atoms with E-state index in [1.807, 2.05) is 13.8 Å². The van der Waals surface area contributed by atoms with Gasteiger partial charge in [-0.2, -0.15) is 15.0 Å². The summed E-state index contributed by atoms with van der Waals surface area (Å²) in [4.78, 5) is 25.5. The zero-order valence-electron chi connectivity index (χ0n) is 11.8. The maximum absolute atomic E-state index is 11.7. The van der Waals surface area contributed by atoms with Gasteiger partial charge in [-0.3, -0.25) is 0 Å². The summed E-state index contributed by atoms with van der Waals surface area (Å²) >= 11 is 1.44. The third kappa shape index (κ3) is 4.37. The second-order valence-electron chi connectivity index (χ2n) is 3.44. The van der Waals surface area contributed by atoms with E-state index < -0.39 is 6.09 Å². The van der Waals surface area contributed by atoms with Crippen molar-refractivity contribution in [3.63, 3.8) is 0 Å². The van der Waals surface area contributed by atoms with Crippen molar-refractivity contribution in [3.8, 4) is 6.01 Å². The summed E-state index contributed by atoms with van der Waals surface area (Å²) in [5.41, 5.74) is 0. The molecule has 0 N–H and O–H groups in total. The van der Waals surface area contributed by atoms with Gasteiger partial charge in [0.1, 0.15) is 0 Å². The van der Waals surface area contributed by atoms with Crippen LogP contribution in [-0.2, 0) is 4.74 Å². The molecule has 0 aliphatic carbocycles. The minimum absolute atomic E-state index is 0.186. The van der Waals surface area contributed by atoms with Gasteiger partial charge in [0.05, 0.1) is 20.3 Å². The Labute approximate surface area is 122 Å². The topological polar surface area (TPSA) is 77.4 Å². The largest absolute Gasteiger partial charge is 0.464 e. The second-order valence-corrected chi connectivity index (χ2v) is 4.67. The fourth-order valence-corrected chi connectivity index (χ4v) is 1.86. The van der Waals surface area contributed by atoms with Gasteiger partial charge in [-0.1, -0.05) is 24.8 Å². The molecule has 0 radical (unpaired) electrons. The molecule has 0 unspecified atom stereocenters. The summed E-state index contributed by atoms with van der Waals surface area (Å²) < 4.78 is 10.0.